The quantitative estimate of drug-likeness (QED) is 0.258. The Labute approximate surface area is 182 Å². The zero-order valence-corrected chi connectivity index (χ0v) is 19.8. The van der Waals surface area contributed by atoms with Gasteiger partial charge in [0.25, 0.3) is 0 Å². The maximum atomic E-state index is 12.6. The van der Waals surface area contributed by atoms with Crippen LogP contribution in [0.15, 0.2) is 23.2 Å². The van der Waals surface area contributed by atoms with E-state index in [1.165, 1.54) is 6.07 Å². The van der Waals surface area contributed by atoms with Crippen LogP contribution in [0.3, 0.4) is 0 Å². The first kappa shape index (κ1) is 26.8. The van der Waals surface area contributed by atoms with E-state index in [9.17, 15) is 17.2 Å². The van der Waals surface area contributed by atoms with Crippen molar-refractivity contribution in [3.05, 3.63) is 29.3 Å². The third-order valence-electron chi connectivity index (χ3n) is 3.34. The summed E-state index contributed by atoms with van der Waals surface area (Å²) in [6.07, 6.45) is 1.09. The van der Waals surface area contributed by atoms with Gasteiger partial charge in [-0.3, -0.25) is 0 Å². The highest BCUT2D eigenvalue weighted by molar-refractivity contribution is 14.0. The fourth-order valence-electron chi connectivity index (χ4n) is 2.39. The largest absolute Gasteiger partial charge is 0.434 e. The molecule has 0 aliphatic rings. The van der Waals surface area contributed by atoms with E-state index < -0.39 is 22.2 Å². The molecule has 0 saturated heterocycles. The van der Waals surface area contributed by atoms with Crippen molar-refractivity contribution in [3.63, 3.8) is 0 Å². The zero-order chi connectivity index (χ0) is 20.7. The van der Waals surface area contributed by atoms with Crippen molar-refractivity contribution < 1.29 is 21.9 Å². The molecule has 0 bridgehead atoms. The van der Waals surface area contributed by atoms with Crippen molar-refractivity contribution in [3.8, 4) is 5.75 Å². The van der Waals surface area contributed by atoms with Gasteiger partial charge >= 0.3 is 6.61 Å². The lowest BCUT2D eigenvalue weighted by Crippen LogP contribution is -2.53. The summed E-state index contributed by atoms with van der Waals surface area (Å²) in [4.78, 5) is 4.38. The lowest BCUT2D eigenvalue weighted by molar-refractivity contribution is -0.0504. The summed E-state index contributed by atoms with van der Waals surface area (Å²) in [5.41, 5.74) is 0.691. The second-order valence-corrected chi connectivity index (χ2v) is 8.54. The average Bonchev–Trinajstić information content (AvgIpc) is 2.49. The zero-order valence-electron chi connectivity index (χ0n) is 16.7. The van der Waals surface area contributed by atoms with Gasteiger partial charge in [0.2, 0.25) is 10.0 Å². The normalized spacial score (nSPS) is 12.5. The fourth-order valence-corrected chi connectivity index (χ4v) is 3.47. The van der Waals surface area contributed by atoms with Crippen molar-refractivity contribution >= 4 is 40.0 Å². The molecule has 1 aromatic carbocycles. The number of nitrogens with one attached hydrogen (secondary N) is 3. The molecule has 28 heavy (non-hydrogen) atoms. The molecular formula is C17H29F2IN4O3S. The van der Waals surface area contributed by atoms with E-state index in [2.05, 4.69) is 25.1 Å². The van der Waals surface area contributed by atoms with E-state index in [-0.39, 0.29) is 42.8 Å². The standard InChI is InChI=1S/C17H28F2N4O3S.HI/c1-6-20-16(22-11-17(3,4)23-27(5,24)25)21-10-13-9-12(2)7-8-14(13)26-15(18)19;/h7-9,15,23H,6,10-11H2,1-5H3,(H2,20,21,22);1H. The van der Waals surface area contributed by atoms with Crippen molar-refractivity contribution in [2.75, 3.05) is 19.3 Å². The van der Waals surface area contributed by atoms with Gasteiger partial charge in [-0.05, 0) is 33.8 Å². The lowest BCUT2D eigenvalue weighted by Gasteiger charge is -2.26. The van der Waals surface area contributed by atoms with Gasteiger partial charge in [0.15, 0.2) is 5.96 Å². The molecular weight excluding hydrogens is 505 g/mol. The predicted molar refractivity (Wildman–Crippen MR) is 118 cm³/mol. The number of alkyl halides is 2. The maximum Gasteiger partial charge on any atom is 0.387 e. The molecule has 3 N–H and O–H groups in total. The number of rotatable bonds is 9. The van der Waals surface area contributed by atoms with E-state index in [1.54, 1.807) is 26.0 Å². The van der Waals surface area contributed by atoms with E-state index in [0.29, 0.717) is 18.1 Å². The third-order valence-corrected chi connectivity index (χ3v) is 4.27. The van der Waals surface area contributed by atoms with Crippen LogP contribution in [0.25, 0.3) is 0 Å². The van der Waals surface area contributed by atoms with Crippen molar-refractivity contribution in [1.82, 2.24) is 15.4 Å². The van der Waals surface area contributed by atoms with Gasteiger partial charge in [-0.1, -0.05) is 17.7 Å². The summed E-state index contributed by atoms with van der Waals surface area (Å²) >= 11 is 0. The molecule has 11 heteroatoms. The van der Waals surface area contributed by atoms with Crippen LogP contribution in [0.2, 0.25) is 0 Å². The van der Waals surface area contributed by atoms with Gasteiger partial charge in [-0.2, -0.15) is 8.78 Å². The van der Waals surface area contributed by atoms with Crippen molar-refractivity contribution in [1.29, 1.82) is 0 Å². The van der Waals surface area contributed by atoms with Crippen molar-refractivity contribution in [2.45, 2.75) is 46.4 Å². The Balaban J connectivity index is 0.00000729. The number of guanidine groups is 1. The van der Waals surface area contributed by atoms with Gasteiger partial charge in [0, 0.05) is 24.2 Å². The van der Waals surface area contributed by atoms with Crippen LogP contribution in [-0.4, -0.2) is 45.9 Å². The summed E-state index contributed by atoms with van der Waals surface area (Å²) in [5.74, 6) is 0.514. The van der Waals surface area contributed by atoms with Crippen LogP contribution in [0.4, 0.5) is 8.78 Å². The number of sulfonamides is 1. The number of aryl methyl sites for hydroxylation is 1. The number of halogens is 3. The van der Waals surface area contributed by atoms with Gasteiger partial charge in [0.05, 0.1) is 12.8 Å². The highest BCUT2D eigenvalue weighted by atomic mass is 127. The number of hydrogen-bond acceptors (Lipinski definition) is 4. The third kappa shape index (κ3) is 11.0. The Morgan fingerprint density at radius 3 is 2.46 bits per heavy atom. The van der Waals surface area contributed by atoms with Crippen molar-refractivity contribution in [2.24, 2.45) is 4.99 Å². The molecule has 0 aromatic heterocycles. The fraction of sp³-hybridized carbons (Fsp3) is 0.588. The molecule has 0 spiro atoms. The first-order valence-electron chi connectivity index (χ1n) is 8.47. The molecule has 1 rings (SSSR count). The van der Waals surface area contributed by atoms with Crippen LogP contribution in [0.5, 0.6) is 5.75 Å². The summed E-state index contributed by atoms with van der Waals surface area (Å²) < 4.78 is 55.1. The Hall–Kier alpha value is -1.21. The van der Waals surface area contributed by atoms with Crippen LogP contribution in [-0.2, 0) is 16.6 Å². The Morgan fingerprint density at radius 1 is 1.29 bits per heavy atom. The number of ether oxygens (including phenoxy) is 1. The molecule has 1 aromatic rings. The molecule has 0 fully saturated rings. The molecule has 162 valence electrons. The Morgan fingerprint density at radius 2 is 1.93 bits per heavy atom. The lowest BCUT2D eigenvalue weighted by atomic mass is 10.1. The summed E-state index contributed by atoms with van der Waals surface area (Å²) in [7, 11) is -3.36. The van der Waals surface area contributed by atoms with Gasteiger partial charge in [0.1, 0.15) is 5.75 Å². The van der Waals surface area contributed by atoms with E-state index in [4.69, 9.17) is 0 Å². The molecule has 0 aliphatic carbocycles. The number of nitrogens with zero attached hydrogens (tertiary/aromatic N) is 1. The van der Waals surface area contributed by atoms with E-state index in [0.717, 1.165) is 11.8 Å². The van der Waals surface area contributed by atoms with Crippen LogP contribution < -0.4 is 20.1 Å². The molecule has 0 unspecified atom stereocenters. The molecule has 0 amide bonds. The van der Waals surface area contributed by atoms with Crippen LogP contribution in [0, 0.1) is 6.92 Å². The first-order chi connectivity index (χ1) is 12.4. The molecule has 0 heterocycles. The molecule has 0 atom stereocenters. The van der Waals surface area contributed by atoms with Gasteiger partial charge in [-0.15, -0.1) is 24.0 Å². The van der Waals surface area contributed by atoms with E-state index >= 15 is 0 Å². The minimum absolute atomic E-state index is 0. The van der Waals surface area contributed by atoms with Gasteiger partial charge in [-0.25, -0.2) is 18.1 Å². The Kier molecular flexibility index (Phi) is 11.2. The predicted octanol–water partition coefficient (Wildman–Crippen LogP) is 2.60. The number of hydrogen-bond donors (Lipinski definition) is 3. The molecule has 7 nitrogen and oxygen atoms in total. The highest BCUT2D eigenvalue weighted by Crippen LogP contribution is 2.22. The SMILES string of the molecule is CCNC(=NCc1cc(C)ccc1OC(F)F)NCC(C)(C)NS(C)(=O)=O.I. The summed E-state index contributed by atoms with van der Waals surface area (Å²) in [6, 6.07) is 4.92. The maximum absolute atomic E-state index is 12.6. The second-order valence-electron chi connectivity index (χ2n) is 6.80. The molecule has 0 aliphatic heterocycles. The van der Waals surface area contributed by atoms with E-state index in [1.807, 2.05) is 13.8 Å². The second kappa shape index (κ2) is 11.7. The highest BCUT2D eigenvalue weighted by Gasteiger charge is 2.22. The molecule has 0 saturated carbocycles. The smallest absolute Gasteiger partial charge is 0.387 e. The minimum Gasteiger partial charge on any atom is -0.434 e. The summed E-state index contributed by atoms with van der Waals surface area (Å²) in [6.45, 7) is 5.28. The number of benzene rings is 1. The van der Waals surface area contributed by atoms with Crippen LogP contribution >= 0.6 is 24.0 Å². The minimum atomic E-state index is -3.36. The summed E-state index contributed by atoms with van der Waals surface area (Å²) in [5, 5.41) is 6.09. The van der Waals surface area contributed by atoms with Crippen LogP contribution in [0.1, 0.15) is 31.9 Å². The first-order valence-corrected chi connectivity index (χ1v) is 10.4. The van der Waals surface area contributed by atoms with Gasteiger partial charge < -0.3 is 15.4 Å². The average molecular weight is 534 g/mol. The Bertz CT molecular complexity index is 759. The monoisotopic (exact) mass is 534 g/mol. The number of aliphatic imine (C=N–C) groups is 1. The topological polar surface area (TPSA) is 91.8 Å². The molecule has 0 radical (unpaired) electrons.